The summed E-state index contributed by atoms with van der Waals surface area (Å²) in [7, 11) is 0. The molecule has 1 aliphatic rings. The van der Waals surface area contributed by atoms with Crippen LogP contribution in [0.4, 0.5) is 0 Å². The fraction of sp³-hybridized carbons (Fsp3) is 0.333. The summed E-state index contributed by atoms with van der Waals surface area (Å²) in [6.07, 6.45) is 7.63. The predicted octanol–water partition coefficient (Wildman–Crippen LogP) is 1.85. The van der Waals surface area contributed by atoms with Crippen LogP contribution in [0.1, 0.15) is 12.6 Å². The second-order valence-electron chi connectivity index (χ2n) is 4.27. The number of nitrogens with zero attached hydrogens (tertiary/aromatic N) is 2. The minimum Gasteiger partial charge on any atom is -0.322 e. The molecule has 18 heavy (non-hydrogen) atoms. The van der Waals surface area contributed by atoms with Crippen LogP contribution < -0.4 is 11.5 Å². The van der Waals surface area contributed by atoms with Gasteiger partial charge >= 0.3 is 0 Å². The van der Waals surface area contributed by atoms with Crippen molar-refractivity contribution in [3.8, 4) is 0 Å². The number of hydrogen-bond donors (Lipinski definition) is 2. The molecule has 0 radical (unpaired) electrons. The molecule has 6 heteroatoms. The van der Waals surface area contributed by atoms with Gasteiger partial charge in [-0.05, 0) is 19.2 Å². The van der Waals surface area contributed by atoms with Gasteiger partial charge in [0.2, 0.25) is 0 Å². The number of aromatic nitrogens is 2. The predicted molar refractivity (Wildman–Crippen MR) is 75.6 cm³/mol. The lowest BCUT2D eigenvalue weighted by atomic mass is 9.83. The Kier molecular flexibility index (Phi) is 3.77. The summed E-state index contributed by atoms with van der Waals surface area (Å²) in [5.41, 5.74) is 13.4. The zero-order valence-corrected chi connectivity index (χ0v) is 11.8. The first-order valence-electron chi connectivity index (χ1n) is 5.47. The monoisotopic (exact) mass is 282 g/mol. The lowest BCUT2D eigenvalue weighted by molar-refractivity contribution is 0.470. The Labute approximate surface area is 116 Å². The van der Waals surface area contributed by atoms with Crippen LogP contribution in [-0.2, 0) is 5.54 Å². The smallest absolute Gasteiger partial charge is 0.189 e. The second-order valence-corrected chi connectivity index (χ2v) is 5.43. The lowest BCUT2D eigenvalue weighted by Gasteiger charge is -2.33. The highest BCUT2D eigenvalue weighted by Gasteiger charge is 2.34. The summed E-state index contributed by atoms with van der Waals surface area (Å²) in [4.78, 5) is 8.50. The molecule has 4 N–H and O–H groups in total. The lowest BCUT2D eigenvalue weighted by Crippen LogP contribution is -2.52. The van der Waals surface area contributed by atoms with Gasteiger partial charge in [0.15, 0.2) is 5.16 Å². The fourth-order valence-corrected chi connectivity index (χ4v) is 2.44. The number of halogens is 1. The molecule has 96 valence electrons. The Bertz CT molecular complexity index is 529. The second kappa shape index (κ2) is 5.01. The quantitative estimate of drug-likeness (QED) is 0.492. The van der Waals surface area contributed by atoms with Crippen LogP contribution in [0.5, 0.6) is 0 Å². The summed E-state index contributed by atoms with van der Waals surface area (Å²) < 4.78 is 0. The van der Waals surface area contributed by atoms with Crippen LogP contribution in [-0.4, -0.2) is 22.3 Å². The third kappa shape index (κ3) is 2.44. The van der Waals surface area contributed by atoms with Crippen molar-refractivity contribution < 1.29 is 0 Å². The SMILES string of the molecule is CSc1nc(Cl)cc(C2(N)C=CC(C)=CC2N)n1. The molecular formula is C12H15ClN4S. The van der Waals surface area contributed by atoms with Gasteiger partial charge in [-0.15, -0.1) is 0 Å². The first kappa shape index (κ1) is 13.5. The summed E-state index contributed by atoms with van der Waals surface area (Å²) >= 11 is 7.41. The van der Waals surface area contributed by atoms with E-state index in [4.69, 9.17) is 23.1 Å². The molecule has 0 spiro atoms. The number of allylic oxidation sites excluding steroid dienone is 2. The fourth-order valence-electron chi connectivity index (χ4n) is 1.82. The molecule has 0 saturated carbocycles. The van der Waals surface area contributed by atoms with E-state index < -0.39 is 5.54 Å². The van der Waals surface area contributed by atoms with Gasteiger partial charge < -0.3 is 11.5 Å². The van der Waals surface area contributed by atoms with Crippen molar-refractivity contribution in [1.29, 1.82) is 0 Å². The number of rotatable bonds is 2. The summed E-state index contributed by atoms with van der Waals surface area (Å²) in [5.74, 6) is 0. The van der Waals surface area contributed by atoms with E-state index in [1.807, 2.05) is 31.4 Å². The maximum Gasteiger partial charge on any atom is 0.189 e. The maximum atomic E-state index is 6.36. The van der Waals surface area contributed by atoms with Crippen molar-refractivity contribution in [3.63, 3.8) is 0 Å². The summed E-state index contributed by atoms with van der Waals surface area (Å²) in [6, 6.07) is 1.34. The number of thioether (sulfide) groups is 1. The molecule has 0 amide bonds. The minimum absolute atomic E-state index is 0.330. The molecular weight excluding hydrogens is 268 g/mol. The molecule has 2 atom stereocenters. The highest BCUT2D eigenvalue weighted by molar-refractivity contribution is 7.98. The van der Waals surface area contributed by atoms with E-state index in [9.17, 15) is 0 Å². The molecule has 1 aromatic heterocycles. The molecule has 0 aliphatic heterocycles. The summed E-state index contributed by atoms with van der Waals surface area (Å²) in [6.45, 7) is 1.98. The highest BCUT2D eigenvalue weighted by atomic mass is 35.5. The van der Waals surface area contributed by atoms with Crippen molar-refractivity contribution in [2.75, 3.05) is 6.26 Å². The molecule has 1 aromatic rings. The van der Waals surface area contributed by atoms with Gasteiger partial charge in [-0.25, -0.2) is 9.97 Å². The van der Waals surface area contributed by atoms with Gasteiger partial charge in [-0.2, -0.15) is 0 Å². The Morgan fingerprint density at radius 1 is 1.44 bits per heavy atom. The average molecular weight is 283 g/mol. The molecule has 2 unspecified atom stereocenters. The molecule has 0 saturated heterocycles. The number of hydrogen-bond acceptors (Lipinski definition) is 5. The van der Waals surface area contributed by atoms with Crippen molar-refractivity contribution in [2.24, 2.45) is 11.5 Å². The third-order valence-corrected chi connectivity index (χ3v) is 3.66. The first-order valence-corrected chi connectivity index (χ1v) is 7.07. The summed E-state index contributed by atoms with van der Waals surface area (Å²) in [5, 5.41) is 0.968. The Balaban J connectivity index is 2.48. The first-order chi connectivity index (χ1) is 8.45. The van der Waals surface area contributed by atoms with Gasteiger partial charge in [0, 0.05) is 0 Å². The van der Waals surface area contributed by atoms with E-state index >= 15 is 0 Å². The average Bonchev–Trinajstić information content (AvgIpc) is 2.33. The van der Waals surface area contributed by atoms with Crippen LogP contribution >= 0.6 is 23.4 Å². The molecule has 1 heterocycles. The molecule has 0 bridgehead atoms. The molecule has 2 rings (SSSR count). The van der Waals surface area contributed by atoms with Crippen molar-refractivity contribution >= 4 is 23.4 Å². The van der Waals surface area contributed by atoms with E-state index in [-0.39, 0.29) is 6.04 Å². The van der Waals surface area contributed by atoms with E-state index in [0.29, 0.717) is 16.0 Å². The van der Waals surface area contributed by atoms with E-state index in [1.54, 1.807) is 6.07 Å². The molecule has 1 aliphatic carbocycles. The zero-order valence-electron chi connectivity index (χ0n) is 10.2. The third-order valence-electron chi connectivity index (χ3n) is 2.92. The Hall–Kier alpha value is -0.880. The highest BCUT2D eigenvalue weighted by Crippen LogP contribution is 2.29. The minimum atomic E-state index is -0.837. The molecule has 0 fully saturated rings. The van der Waals surface area contributed by atoms with Crippen LogP contribution in [0, 0.1) is 0 Å². The zero-order chi connectivity index (χ0) is 13.3. The van der Waals surface area contributed by atoms with Crippen molar-refractivity contribution in [3.05, 3.63) is 40.7 Å². The van der Waals surface area contributed by atoms with Crippen LogP contribution in [0.15, 0.2) is 35.0 Å². The van der Waals surface area contributed by atoms with E-state index in [2.05, 4.69) is 9.97 Å². The molecule has 4 nitrogen and oxygen atoms in total. The normalized spacial score (nSPS) is 27.2. The van der Waals surface area contributed by atoms with Crippen LogP contribution in [0.2, 0.25) is 5.15 Å². The van der Waals surface area contributed by atoms with Gasteiger partial charge in [0.25, 0.3) is 0 Å². The largest absolute Gasteiger partial charge is 0.322 e. The van der Waals surface area contributed by atoms with Crippen molar-refractivity contribution in [2.45, 2.75) is 23.7 Å². The Morgan fingerprint density at radius 2 is 2.17 bits per heavy atom. The van der Waals surface area contributed by atoms with Gasteiger partial charge in [0.1, 0.15) is 5.15 Å². The van der Waals surface area contributed by atoms with E-state index in [1.165, 1.54) is 11.8 Å². The Morgan fingerprint density at radius 3 is 2.78 bits per heavy atom. The van der Waals surface area contributed by atoms with E-state index in [0.717, 1.165) is 5.57 Å². The van der Waals surface area contributed by atoms with Crippen molar-refractivity contribution in [1.82, 2.24) is 9.97 Å². The van der Waals surface area contributed by atoms with Gasteiger partial charge in [-0.1, -0.05) is 47.2 Å². The topological polar surface area (TPSA) is 77.8 Å². The standard InChI is InChI=1S/C12H15ClN4S/c1-7-3-4-12(15,8(14)5-7)9-6-10(13)17-11(16-9)18-2/h3-6,8H,14-15H2,1-2H3. The molecule has 0 aromatic carbocycles. The maximum absolute atomic E-state index is 6.36. The van der Waals surface area contributed by atoms with Gasteiger partial charge in [-0.3, -0.25) is 0 Å². The van der Waals surface area contributed by atoms with Crippen LogP contribution in [0.25, 0.3) is 0 Å². The van der Waals surface area contributed by atoms with Crippen LogP contribution in [0.3, 0.4) is 0 Å². The van der Waals surface area contributed by atoms with Gasteiger partial charge in [0.05, 0.1) is 17.3 Å². The number of nitrogens with two attached hydrogens (primary N) is 2.